The lowest BCUT2D eigenvalue weighted by Gasteiger charge is -2.06. The molecule has 144 valence electrons. The third-order valence-electron chi connectivity index (χ3n) is 4.01. The molecule has 0 bridgehead atoms. The van der Waals surface area contributed by atoms with Gasteiger partial charge in [-0.1, -0.05) is 36.0 Å². The predicted octanol–water partition coefficient (Wildman–Crippen LogP) is 3.45. The van der Waals surface area contributed by atoms with Gasteiger partial charge >= 0.3 is 0 Å². The normalized spacial score (nSPS) is 10.8. The summed E-state index contributed by atoms with van der Waals surface area (Å²) in [5.41, 5.74) is 1.81. The molecule has 29 heavy (non-hydrogen) atoms. The van der Waals surface area contributed by atoms with E-state index in [2.05, 4.69) is 20.4 Å². The molecule has 1 amide bonds. The first-order chi connectivity index (χ1) is 14.1. The molecule has 0 aliphatic carbocycles. The Labute approximate surface area is 168 Å². The zero-order chi connectivity index (χ0) is 20.2. The number of fused-ring (bicyclic) bond motifs is 1. The van der Waals surface area contributed by atoms with Crippen LogP contribution in [-0.2, 0) is 4.79 Å². The van der Waals surface area contributed by atoms with Gasteiger partial charge in [-0.2, -0.15) is 5.10 Å². The average Bonchev–Trinajstić information content (AvgIpc) is 3.18. The molecule has 0 unspecified atom stereocenters. The van der Waals surface area contributed by atoms with E-state index in [4.69, 9.17) is 0 Å². The molecule has 0 saturated carbocycles. The molecule has 0 radical (unpaired) electrons. The molecule has 0 aliphatic rings. The number of amides is 1. The molecule has 0 fully saturated rings. The van der Waals surface area contributed by atoms with Crippen molar-refractivity contribution in [2.45, 2.75) is 5.03 Å². The molecular formula is C19H14N6O3S. The number of carbonyl (C=O) groups excluding carboxylic acids is 1. The number of nitrogens with one attached hydrogen (secondary N) is 1. The monoisotopic (exact) mass is 406 g/mol. The van der Waals surface area contributed by atoms with Gasteiger partial charge in [0.1, 0.15) is 11.4 Å². The minimum absolute atomic E-state index is 0.0821. The van der Waals surface area contributed by atoms with Crippen molar-refractivity contribution in [2.75, 3.05) is 11.1 Å². The van der Waals surface area contributed by atoms with Crippen LogP contribution in [0.15, 0.2) is 72.1 Å². The highest BCUT2D eigenvalue weighted by molar-refractivity contribution is 8.00. The van der Waals surface area contributed by atoms with Crippen LogP contribution in [0.1, 0.15) is 0 Å². The second-order valence-corrected chi connectivity index (χ2v) is 6.92. The number of nitrogens with zero attached hydrogens (tertiary/aromatic N) is 5. The Morgan fingerprint density at radius 2 is 1.97 bits per heavy atom. The molecule has 0 saturated heterocycles. The van der Waals surface area contributed by atoms with Crippen LogP contribution in [0.5, 0.6) is 0 Å². The van der Waals surface area contributed by atoms with E-state index < -0.39 is 4.92 Å². The fourth-order valence-electron chi connectivity index (χ4n) is 2.72. The van der Waals surface area contributed by atoms with Gasteiger partial charge in [0.25, 0.3) is 5.69 Å². The van der Waals surface area contributed by atoms with E-state index >= 15 is 0 Å². The number of thioether (sulfide) groups is 1. The van der Waals surface area contributed by atoms with Gasteiger partial charge in [-0.3, -0.25) is 14.9 Å². The van der Waals surface area contributed by atoms with Gasteiger partial charge in [0.15, 0.2) is 5.65 Å². The fraction of sp³-hybridized carbons (Fsp3) is 0.0526. The number of para-hydroxylation sites is 1. The number of hydrogen-bond acceptors (Lipinski definition) is 7. The molecule has 0 atom stereocenters. The SMILES string of the molecule is O=C(CSc1ncnc2c1cnn2-c1ccccc1)Nc1cccc([N+](=O)[O-])c1. The number of aromatic nitrogens is 4. The molecule has 2 aromatic carbocycles. The summed E-state index contributed by atoms with van der Waals surface area (Å²) >= 11 is 1.25. The van der Waals surface area contributed by atoms with Crippen molar-refractivity contribution in [1.82, 2.24) is 19.7 Å². The number of nitro benzene ring substituents is 1. The third kappa shape index (κ3) is 4.06. The number of hydrogen-bond donors (Lipinski definition) is 1. The Bertz CT molecular complexity index is 1200. The summed E-state index contributed by atoms with van der Waals surface area (Å²) < 4.78 is 1.71. The number of rotatable bonds is 6. The molecule has 0 spiro atoms. The largest absolute Gasteiger partial charge is 0.325 e. The minimum atomic E-state index is -0.508. The van der Waals surface area contributed by atoms with Crippen molar-refractivity contribution in [3.05, 3.63) is 77.2 Å². The van der Waals surface area contributed by atoms with E-state index in [1.165, 1.54) is 36.3 Å². The molecule has 1 N–H and O–H groups in total. The van der Waals surface area contributed by atoms with Crippen molar-refractivity contribution in [3.63, 3.8) is 0 Å². The lowest BCUT2D eigenvalue weighted by atomic mass is 10.3. The van der Waals surface area contributed by atoms with Crippen LogP contribution < -0.4 is 5.32 Å². The van der Waals surface area contributed by atoms with Crippen LogP contribution in [0, 0.1) is 10.1 Å². The summed E-state index contributed by atoms with van der Waals surface area (Å²) in [5, 5.41) is 19.3. The lowest BCUT2D eigenvalue weighted by molar-refractivity contribution is -0.384. The first kappa shape index (κ1) is 18.6. The van der Waals surface area contributed by atoms with Crippen LogP contribution in [-0.4, -0.2) is 36.3 Å². The van der Waals surface area contributed by atoms with E-state index in [9.17, 15) is 14.9 Å². The number of carbonyl (C=O) groups is 1. The van der Waals surface area contributed by atoms with E-state index in [1.807, 2.05) is 30.3 Å². The van der Waals surface area contributed by atoms with Gasteiger partial charge in [0.2, 0.25) is 5.91 Å². The standard InChI is InChI=1S/C19H14N6O3S/c26-17(23-13-5-4-8-15(9-13)25(27)28)11-29-19-16-10-22-24(18(16)20-12-21-19)14-6-2-1-3-7-14/h1-10,12H,11H2,(H,23,26). The van der Waals surface area contributed by atoms with Gasteiger partial charge in [0.05, 0.1) is 27.9 Å². The van der Waals surface area contributed by atoms with Crippen LogP contribution in [0.2, 0.25) is 0 Å². The average molecular weight is 406 g/mol. The minimum Gasteiger partial charge on any atom is -0.325 e. The van der Waals surface area contributed by atoms with E-state index in [1.54, 1.807) is 16.9 Å². The van der Waals surface area contributed by atoms with Crippen LogP contribution in [0.25, 0.3) is 16.7 Å². The highest BCUT2D eigenvalue weighted by Crippen LogP contribution is 2.26. The van der Waals surface area contributed by atoms with Gasteiger partial charge in [0, 0.05) is 17.8 Å². The maximum Gasteiger partial charge on any atom is 0.271 e. The smallest absolute Gasteiger partial charge is 0.271 e. The topological polar surface area (TPSA) is 116 Å². The van der Waals surface area contributed by atoms with Gasteiger partial charge in [-0.15, -0.1) is 0 Å². The van der Waals surface area contributed by atoms with E-state index in [0.29, 0.717) is 16.4 Å². The molecule has 9 nitrogen and oxygen atoms in total. The molecule has 2 aromatic heterocycles. The van der Waals surface area contributed by atoms with Crippen LogP contribution in [0.4, 0.5) is 11.4 Å². The Morgan fingerprint density at radius 3 is 2.76 bits per heavy atom. The number of nitro groups is 1. The van der Waals surface area contributed by atoms with Crippen molar-refractivity contribution < 1.29 is 9.72 Å². The fourth-order valence-corrected chi connectivity index (χ4v) is 3.49. The number of non-ortho nitro benzene ring substituents is 1. The van der Waals surface area contributed by atoms with Crippen molar-refractivity contribution >= 4 is 40.1 Å². The summed E-state index contributed by atoms with van der Waals surface area (Å²) in [6.45, 7) is 0. The first-order valence-electron chi connectivity index (χ1n) is 8.53. The summed E-state index contributed by atoms with van der Waals surface area (Å²) in [5.74, 6) is -0.205. The molecule has 2 heterocycles. The van der Waals surface area contributed by atoms with Gasteiger partial charge in [-0.25, -0.2) is 14.6 Å². The highest BCUT2D eigenvalue weighted by atomic mass is 32.2. The molecule has 4 rings (SSSR count). The van der Waals surface area contributed by atoms with Crippen LogP contribution in [0.3, 0.4) is 0 Å². The molecule has 10 heteroatoms. The van der Waals surface area contributed by atoms with Crippen molar-refractivity contribution in [1.29, 1.82) is 0 Å². The predicted molar refractivity (Wildman–Crippen MR) is 109 cm³/mol. The Hall–Kier alpha value is -3.79. The third-order valence-corrected chi connectivity index (χ3v) is 5.02. The Balaban J connectivity index is 1.49. The second kappa shape index (κ2) is 8.07. The molecule has 4 aromatic rings. The lowest BCUT2D eigenvalue weighted by Crippen LogP contribution is -2.14. The zero-order valence-corrected chi connectivity index (χ0v) is 15.7. The van der Waals surface area contributed by atoms with Gasteiger partial charge in [-0.05, 0) is 18.2 Å². The van der Waals surface area contributed by atoms with E-state index in [0.717, 1.165) is 11.1 Å². The maximum absolute atomic E-state index is 12.3. The first-order valence-corrected chi connectivity index (χ1v) is 9.51. The maximum atomic E-state index is 12.3. The molecular weight excluding hydrogens is 392 g/mol. The summed E-state index contributed by atoms with van der Waals surface area (Å²) in [6.07, 6.45) is 3.10. The van der Waals surface area contributed by atoms with Crippen molar-refractivity contribution in [2.24, 2.45) is 0 Å². The van der Waals surface area contributed by atoms with Crippen molar-refractivity contribution in [3.8, 4) is 5.69 Å². The van der Waals surface area contributed by atoms with Gasteiger partial charge < -0.3 is 5.32 Å². The quantitative estimate of drug-likeness (QED) is 0.226. The highest BCUT2D eigenvalue weighted by Gasteiger charge is 2.14. The second-order valence-electron chi connectivity index (χ2n) is 5.95. The summed E-state index contributed by atoms with van der Waals surface area (Å²) in [4.78, 5) is 31.2. The zero-order valence-electron chi connectivity index (χ0n) is 14.9. The molecule has 0 aliphatic heterocycles. The summed E-state index contributed by atoms with van der Waals surface area (Å²) in [6, 6.07) is 15.4. The Kier molecular flexibility index (Phi) is 5.16. The Morgan fingerprint density at radius 1 is 1.14 bits per heavy atom. The number of anilines is 1. The number of benzene rings is 2. The summed E-state index contributed by atoms with van der Waals surface area (Å²) in [7, 11) is 0. The van der Waals surface area contributed by atoms with E-state index in [-0.39, 0.29) is 17.3 Å². The van der Waals surface area contributed by atoms with Crippen LogP contribution >= 0.6 is 11.8 Å².